The van der Waals surface area contributed by atoms with Crippen LogP contribution in [0.2, 0.25) is 0 Å². The summed E-state index contributed by atoms with van der Waals surface area (Å²) in [6.07, 6.45) is 1.80. The summed E-state index contributed by atoms with van der Waals surface area (Å²) < 4.78 is 10.5. The van der Waals surface area contributed by atoms with Crippen LogP contribution >= 0.6 is 11.8 Å². The van der Waals surface area contributed by atoms with Gasteiger partial charge in [0, 0.05) is 0 Å². The summed E-state index contributed by atoms with van der Waals surface area (Å²) in [4.78, 5) is 24.2. The molecule has 4 rings (SSSR count). The standard InChI is InChI=1S/C21H19N5O3S/c1-28-17-10-6-5-9-15(17)23-19(27)11-18-25-20(29-26-18)13-30-21-22-12-16(24-21)14-7-3-2-4-8-14/h2-10,12H,11,13H2,1H3,(H,22,24)(H,23,27). The summed E-state index contributed by atoms with van der Waals surface area (Å²) in [5.74, 6) is 1.53. The SMILES string of the molecule is COc1ccccc1NC(=O)Cc1noc(CSc2ncc(-c3ccccc3)[nH]2)n1. The number of aromatic nitrogens is 4. The fraction of sp³-hybridized carbons (Fsp3) is 0.143. The number of methoxy groups -OCH3 is 1. The zero-order valence-electron chi connectivity index (χ0n) is 16.2. The van der Waals surface area contributed by atoms with Crippen molar-refractivity contribution in [3.05, 3.63) is 72.5 Å². The number of ether oxygens (including phenoxy) is 1. The average Bonchev–Trinajstić information content (AvgIpc) is 3.43. The van der Waals surface area contributed by atoms with Crippen LogP contribution < -0.4 is 10.1 Å². The van der Waals surface area contributed by atoms with Gasteiger partial charge < -0.3 is 19.6 Å². The summed E-state index contributed by atoms with van der Waals surface area (Å²) in [7, 11) is 1.55. The third-order valence-corrected chi connectivity index (χ3v) is 5.05. The normalized spacial score (nSPS) is 10.7. The lowest BCUT2D eigenvalue weighted by Crippen LogP contribution is -2.15. The average molecular weight is 421 g/mol. The second-order valence-corrected chi connectivity index (χ2v) is 7.25. The second-order valence-electron chi connectivity index (χ2n) is 6.29. The largest absolute Gasteiger partial charge is 0.495 e. The lowest BCUT2D eigenvalue weighted by atomic mass is 10.2. The van der Waals surface area contributed by atoms with E-state index in [-0.39, 0.29) is 12.3 Å². The first-order chi connectivity index (χ1) is 14.7. The number of para-hydroxylation sites is 2. The summed E-state index contributed by atoms with van der Waals surface area (Å²) in [6, 6.07) is 17.2. The number of benzene rings is 2. The van der Waals surface area contributed by atoms with Crippen LogP contribution in [0, 0.1) is 0 Å². The Morgan fingerprint density at radius 1 is 1.17 bits per heavy atom. The van der Waals surface area contributed by atoms with Crippen LogP contribution in [0.5, 0.6) is 5.75 Å². The molecule has 0 aliphatic rings. The molecule has 0 saturated carbocycles. The molecule has 0 atom stereocenters. The zero-order chi connectivity index (χ0) is 20.8. The van der Waals surface area contributed by atoms with Crippen molar-refractivity contribution in [1.82, 2.24) is 20.1 Å². The zero-order valence-corrected chi connectivity index (χ0v) is 17.0. The highest BCUT2D eigenvalue weighted by molar-refractivity contribution is 7.98. The Bertz CT molecular complexity index is 1130. The molecule has 2 N–H and O–H groups in total. The van der Waals surface area contributed by atoms with Crippen LogP contribution in [0.1, 0.15) is 11.7 Å². The molecule has 2 aromatic carbocycles. The van der Waals surface area contributed by atoms with E-state index in [1.54, 1.807) is 25.4 Å². The molecule has 9 heteroatoms. The maximum atomic E-state index is 12.3. The van der Waals surface area contributed by atoms with Gasteiger partial charge in [0.15, 0.2) is 11.0 Å². The Balaban J connectivity index is 1.31. The minimum Gasteiger partial charge on any atom is -0.495 e. The highest BCUT2D eigenvalue weighted by Gasteiger charge is 2.14. The first kappa shape index (κ1) is 19.7. The predicted octanol–water partition coefficient (Wildman–Crippen LogP) is 3.94. The fourth-order valence-corrected chi connectivity index (χ4v) is 3.46. The van der Waals surface area contributed by atoms with Crippen LogP contribution in [-0.2, 0) is 17.0 Å². The van der Waals surface area contributed by atoms with Gasteiger partial charge in [0.1, 0.15) is 5.75 Å². The molecule has 2 heterocycles. The molecule has 0 aliphatic heterocycles. The number of hydrogen-bond donors (Lipinski definition) is 2. The van der Waals surface area contributed by atoms with Crippen LogP contribution in [0.4, 0.5) is 5.69 Å². The van der Waals surface area contributed by atoms with Gasteiger partial charge >= 0.3 is 0 Å². The van der Waals surface area contributed by atoms with Crippen molar-refractivity contribution in [2.24, 2.45) is 0 Å². The molecule has 4 aromatic rings. The topological polar surface area (TPSA) is 106 Å². The Labute approximate surface area is 177 Å². The lowest BCUT2D eigenvalue weighted by Gasteiger charge is -2.08. The number of imidazole rings is 1. The Morgan fingerprint density at radius 3 is 2.80 bits per heavy atom. The van der Waals surface area contributed by atoms with E-state index in [4.69, 9.17) is 9.26 Å². The molecule has 8 nitrogen and oxygen atoms in total. The van der Waals surface area contributed by atoms with Gasteiger partial charge in [-0.1, -0.05) is 59.4 Å². The van der Waals surface area contributed by atoms with Gasteiger partial charge in [0.05, 0.1) is 36.9 Å². The molecule has 2 aromatic heterocycles. The molecule has 0 aliphatic carbocycles. The number of aromatic amines is 1. The van der Waals surface area contributed by atoms with Crippen molar-refractivity contribution < 1.29 is 14.1 Å². The van der Waals surface area contributed by atoms with Gasteiger partial charge in [0.25, 0.3) is 0 Å². The summed E-state index contributed by atoms with van der Waals surface area (Å²) in [5, 5.41) is 7.43. The predicted molar refractivity (Wildman–Crippen MR) is 113 cm³/mol. The molecular formula is C21H19N5O3S. The summed E-state index contributed by atoms with van der Waals surface area (Å²) in [6.45, 7) is 0. The van der Waals surface area contributed by atoms with Gasteiger partial charge in [0.2, 0.25) is 11.8 Å². The molecule has 0 spiro atoms. The van der Waals surface area contributed by atoms with Crippen molar-refractivity contribution in [1.29, 1.82) is 0 Å². The van der Waals surface area contributed by atoms with Gasteiger partial charge in [-0.2, -0.15) is 4.98 Å². The number of hydrogen-bond acceptors (Lipinski definition) is 7. The fourth-order valence-electron chi connectivity index (χ4n) is 2.78. The number of nitrogens with zero attached hydrogens (tertiary/aromatic N) is 3. The monoisotopic (exact) mass is 421 g/mol. The van der Waals surface area contributed by atoms with E-state index in [1.165, 1.54) is 11.8 Å². The summed E-state index contributed by atoms with van der Waals surface area (Å²) in [5.41, 5.74) is 2.60. The number of thioether (sulfide) groups is 1. The number of anilines is 1. The van der Waals surface area contributed by atoms with Crippen LogP contribution in [-0.4, -0.2) is 33.1 Å². The number of H-pyrrole nitrogens is 1. The number of amides is 1. The van der Waals surface area contributed by atoms with Crippen molar-refractivity contribution in [3.8, 4) is 17.0 Å². The quantitative estimate of drug-likeness (QED) is 0.415. The molecule has 0 unspecified atom stereocenters. The lowest BCUT2D eigenvalue weighted by molar-refractivity contribution is -0.115. The van der Waals surface area contributed by atoms with Crippen molar-refractivity contribution >= 4 is 23.4 Å². The minimum atomic E-state index is -0.252. The smallest absolute Gasteiger partial charge is 0.237 e. The van der Waals surface area contributed by atoms with E-state index in [0.29, 0.717) is 28.9 Å². The molecule has 0 bridgehead atoms. The maximum Gasteiger partial charge on any atom is 0.237 e. The first-order valence-corrected chi connectivity index (χ1v) is 10.2. The third-order valence-electron chi connectivity index (χ3n) is 4.18. The van der Waals surface area contributed by atoms with Crippen LogP contribution in [0.15, 0.2) is 70.5 Å². The van der Waals surface area contributed by atoms with Gasteiger partial charge in [-0.05, 0) is 17.7 Å². The number of nitrogens with one attached hydrogen (secondary N) is 2. The van der Waals surface area contributed by atoms with E-state index >= 15 is 0 Å². The highest BCUT2D eigenvalue weighted by Crippen LogP contribution is 2.24. The third kappa shape index (κ3) is 4.87. The molecule has 152 valence electrons. The van der Waals surface area contributed by atoms with Crippen LogP contribution in [0.25, 0.3) is 11.3 Å². The van der Waals surface area contributed by atoms with Crippen molar-refractivity contribution in [2.45, 2.75) is 17.3 Å². The van der Waals surface area contributed by atoms with Crippen LogP contribution in [0.3, 0.4) is 0 Å². The maximum absolute atomic E-state index is 12.3. The molecule has 0 saturated heterocycles. The van der Waals surface area contributed by atoms with Gasteiger partial charge in [-0.15, -0.1) is 0 Å². The van der Waals surface area contributed by atoms with E-state index in [9.17, 15) is 4.79 Å². The van der Waals surface area contributed by atoms with E-state index in [0.717, 1.165) is 16.4 Å². The highest BCUT2D eigenvalue weighted by atomic mass is 32.2. The first-order valence-electron chi connectivity index (χ1n) is 9.19. The van der Waals surface area contributed by atoms with E-state index < -0.39 is 0 Å². The van der Waals surface area contributed by atoms with Crippen molar-refractivity contribution in [2.75, 3.05) is 12.4 Å². The number of carbonyl (C=O) groups excluding carboxylic acids is 1. The summed E-state index contributed by atoms with van der Waals surface area (Å²) >= 11 is 1.45. The number of rotatable bonds is 8. The Morgan fingerprint density at radius 2 is 1.97 bits per heavy atom. The van der Waals surface area contributed by atoms with E-state index in [2.05, 4.69) is 25.4 Å². The minimum absolute atomic E-state index is 0.00508. The molecular weight excluding hydrogens is 402 g/mol. The van der Waals surface area contributed by atoms with E-state index in [1.807, 2.05) is 42.5 Å². The molecule has 30 heavy (non-hydrogen) atoms. The van der Waals surface area contributed by atoms with Gasteiger partial charge in [-0.3, -0.25) is 4.79 Å². The second kappa shape index (κ2) is 9.27. The Kier molecular flexibility index (Phi) is 6.09. The Hall–Kier alpha value is -3.59. The number of carbonyl (C=O) groups is 1. The van der Waals surface area contributed by atoms with Gasteiger partial charge in [-0.25, -0.2) is 4.98 Å². The van der Waals surface area contributed by atoms with Crippen molar-refractivity contribution in [3.63, 3.8) is 0 Å². The molecule has 0 radical (unpaired) electrons. The molecule has 1 amide bonds. The molecule has 0 fully saturated rings.